The van der Waals surface area contributed by atoms with Crippen molar-refractivity contribution in [2.45, 2.75) is 6.92 Å². The van der Waals surface area contributed by atoms with Crippen LogP contribution >= 0.6 is 0 Å². The maximum atomic E-state index is 10.5. The standard InChI is InChI=1S/C14H16O4/c1-10(8-14(15)16)4-5-11-6-7-12(17-2)13(9-11)18-3/h4-9H,1-3H3,(H,15,16). The van der Waals surface area contributed by atoms with Crippen LogP contribution < -0.4 is 9.47 Å². The summed E-state index contributed by atoms with van der Waals surface area (Å²) in [4.78, 5) is 10.5. The van der Waals surface area contributed by atoms with E-state index in [2.05, 4.69) is 0 Å². The van der Waals surface area contributed by atoms with Gasteiger partial charge in [-0.1, -0.05) is 18.2 Å². The second-order valence-electron chi connectivity index (χ2n) is 3.67. The molecule has 1 N–H and O–H groups in total. The molecule has 0 amide bonds. The molecule has 0 aromatic heterocycles. The molecule has 4 nitrogen and oxygen atoms in total. The Labute approximate surface area is 106 Å². The molecule has 1 aromatic carbocycles. The van der Waals surface area contributed by atoms with Crippen LogP contribution in [0.15, 0.2) is 35.9 Å². The third-order valence-corrected chi connectivity index (χ3v) is 2.30. The maximum Gasteiger partial charge on any atom is 0.328 e. The SMILES string of the molecule is COc1ccc(C=CC(C)=CC(=O)O)cc1OC. The van der Waals surface area contributed by atoms with E-state index >= 15 is 0 Å². The molecule has 0 aliphatic heterocycles. The molecule has 0 saturated carbocycles. The highest BCUT2D eigenvalue weighted by molar-refractivity contribution is 5.81. The Morgan fingerprint density at radius 3 is 2.44 bits per heavy atom. The molecular formula is C14H16O4. The first-order valence-electron chi connectivity index (χ1n) is 5.38. The summed E-state index contributed by atoms with van der Waals surface area (Å²) < 4.78 is 10.3. The summed E-state index contributed by atoms with van der Waals surface area (Å²) in [6.07, 6.45) is 4.70. The molecule has 1 aromatic rings. The number of carboxylic acids is 1. The molecule has 0 unspecified atom stereocenters. The number of allylic oxidation sites excluding steroid dienone is 2. The molecule has 96 valence electrons. The molecular weight excluding hydrogens is 232 g/mol. The average Bonchev–Trinajstić information content (AvgIpc) is 2.35. The van der Waals surface area contributed by atoms with E-state index in [1.54, 1.807) is 33.3 Å². The number of benzene rings is 1. The number of rotatable bonds is 5. The second kappa shape index (κ2) is 6.49. The van der Waals surface area contributed by atoms with E-state index in [1.807, 2.05) is 18.2 Å². The Hall–Kier alpha value is -2.23. The summed E-state index contributed by atoms with van der Waals surface area (Å²) in [5.41, 5.74) is 1.57. The molecule has 0 saturated heterocycles. The van der Waals surface area contributed by atoms with E-state index in [9.17, 15) is 4.79 Å². The first kappa shape index (κ1) is 13.8. The van der Waals surface area contributed by atoms with Crippen LogP contribution in [-0.2, 0) is 4.79 Å². The van der Waals surface area contributed by atoms with Gasteiger partial charge in [-0.2, -0.15) is 0 Å². The monoisotopic (exact) mass is 248 g/mol. The number of carbonyl (C=O) groups is 1. The van der Waals surface area contributed by atoms with Crippen LogP contribution in [0.3, 0.4) is 0 Å². The molecule has 4 heteroatoms. The van der Waals surface area contributed by atoms with E-state index in [0.717, 1.165) is 11.6 Å². The molecule has 0 radical (unpaired) electrons. The summed E-state index contributed by atoms with van der Waals surface area (Å²) in [5, 5.41) is 8.58. The average molecular weight is 248 g/mol. The number of methoxy groups -OCH3 is 2. The minimum atomic E-state index is -0.954. The van der Waals surface area contributed by atoms with Gasteiger partial charge in [0, 0.05) is 6.08 Å². The van der Waals surface area contributed by atoms with Crippen LogP contribution in [-0.4, -0.2) is 25.3 Å². The van der Waals surface area contributed by atoms with Crippen molar-refractivity contribution in [1.82, 2.24) is 0 Å². The molecule has 0 aliphatic carbocycles. The van der Waals surface area contributed by atoms with Gasteiger partial charge in [0.25, 0.3) is 0 Å². The smallest absolute Gasteiger partial charge is 0.328 e. The highest BCUT2D eigenvalue weighted by Gasteiger charge is 2.02. The summed E-state index contributed by atoms with van der Waals surface area (Å²) >= 11 is 0. The van der Waals surface area contributed by atoms with Crippen LogP contribution in [0.1, 0.15) is 12.5 Å². The van der Waals surface area contributed by atoms with E-state index in [4.69, 9.17) is 14.6 Å². The number of carboxylic acid groups (broad SMARTS) is 1. The predicted octanol–water partition coefficient (Wildman–Crippen LogP) is 2.75. The first-order chi connectivity index (χ1) is 8.56. The van der Waals surface area contributed by atoms with Crippen molar-refractivity contribution in [3.05, 3.63) is 41.5 Å². The zero-order chi connectivity index (χ0) is 13.5. The van der Waals surface area contributed by atoms with E-state index < -0.39 is 5.97 Å². The number of hydrogen-bond donors (Lipinski definition) is 1. The largest absolute Gasteiger partial charge is 0.493 e. The topological polar surface area (TPSA) is 55.8 Å². The van der Waals surface area contributed by atoms with E-state index in [-0.39, 0.29) is 0 Å². The van der Waals surface area contributed by atoms with Crippen molar-refractivity contribution in [3.63, 3.8) is 0 Å². The van der Waals surface area contributed by atoms with Gasteiger partial charge in [0.15, 0.2) is 11.5 Å². The fraction of sp³-hybridized carbons (Fsp3) is 0.214. The zero-order valence-corrected chi connectivity index (χ0v) is 10.6. The lowest BCUT2D eigenvalue weighted by atomic mass is 10.1. The lowest BCUT2D eigenvalue weighted by Gasteiger charge is -2.07. The minimum absolute atomic E-state index is 0.638. The summed E-state index contributed by atoms with van der Waals surface area (Å²) in [5.74, 6) is 0.344. The molecule has 0 fully saturated rings. The Morgan fingerprint density at radius 2 is 1.89 bits per heavy atom. The van der Waals surface area contributed by atoms with Gasteiger partial charge in [0.05, 0.1) is 14.2 Å². The van der Waals surface area contributed by atoms with Crippen molar-refractivity contribution in [2.24, 2.45) is 0 Å². The van der Waals surface area contributed by atoms with Crippen LogP contribution in [0.4, 0.5) is 0 Å². The molecule has 0 aliphatic rings. The summed E-state index contributed by atoms with van der Waals surface area (Å²) in [7, 11) is 3.15. The number of aliphatic carboxylic acids is 1. The highest BCUT2D eigenvalue weighted by atomic mass is 16.5. The predicted molar refractivity (Wildman–Crippen MR) is 70.0 cm³/mol. The van der Waals surface area contributed by atoms with Gasteiger partial charge < -0.3 is 14.6 Å². The molecule has 18 heavy (non-hydrogen) atoms. The molecule has 0 heterocycles. The van der Waals surface area contributed by atoms with Gasteiger partial charge in [-0.3, -0.25) is 0 Å². The first-order valence-corrected chi connectivity index (χ1v) is 5.38. The van der Waals surface area contributed by atoms with E-state index in [0.29, 0.717) is 17.1 Å². The van der Waals surface area contributed by atoms with Gasteiger partial charge >= 0.3 is 5.97 Å². The Morgan fingerprint density at radius 1 is 1.22 bits per heavy atom. The van der Waals surface area contributed by atoms with Crippen LogP contribution in [0, 0.1) is 0 Å². The fourth-order valence-electron chi connectivity index (χ4n) is 1.43. The van der Waals surface area contributed by atoms with Crippen LogP contribution in [0.25, 0.3) is 6.08 Å². The Balaban J connectivity index is 2.92. The molecule has 0 bridgehead atoms. The molecule has 1 rings (SSSR count). The molecule has 0 spiro atoms. The second-order valence-corrected chi connectivity index (χ2v) is 3.67. The fourth-order valence-corrected chi connectivity index (χ4v) is 1.43. The molecule has 0 atom stereocenters. The van der Waals surface area contributed by atoms with Gasteiger partial charge in [-0.25, -0.2) is 4.79 Å². The number of hydrogen-bond acceptors (Lipinski definition) is 3. The lowest BCUT2D eigenvalue weighted by molar-refractivity contribution is -0.131. The van der Waals surface area contributed by atoms with Crippen molar-refractivity contribution >= 4 is 12.0 Å². The van der Waals surface area contributed by atoms with Gasteiger partial charge in [0.2, 0.25) is 0 Å². The number of ether oxygens (including phenoxy) is 2. The van der Waals surface area contributed by atoms with Crippen LogP contribution in [0.5, 0.6) is 11.5 Å². The Kier molecular flexibility index (Phi) is 4.99. The lowest BCUT2D eigenvalue weighted by Crippen LogP contribution is -1.90. The van der Waals surface area contributed by atoms with E-state index in [1.165, 1.54) is 0 Å². The Bertz CT molecular complexity index is 487. The van der Waals surface area contributed by atoms with Crippen molar-refractivity contribution in [2.75, 3.05) is 14.2 Å². The van der Waals surface area contributed by atoms with Gasteiger partial charge in [-0.05, 0) is 30.2 Å². The zero-order valence-electron chi connectivity index (χ0n) is 10.6. The minimum Gasteiger partial charge on any atom is -0.493 e. The van der Waals surface area contributed by atoms with Crippen molar-refractivity contribution in [3.8, 4) is 11.5 Å². The summed E-state index contributed by atoms with van der Waals surface area (Å²) in [6.45, 7) is 1.73. The van der Waals surface area contributed by atoms with Crippen molar-refractivity contribution in [1.29, 1.82) is 0 Å². The summed E-state index contributed by atoms with van der Waals surface area (Å²) in [6, 6.07) is 5.49. The maximum absolute atomic E-state index is 10.5. The van der Waals surface area contributed by atoms with Gasteiger partial charge in [-0.15, -0.1) is 0 Å². The van der Waals surface area contributed by atoms with Gasteiger partial charge in [0.1, 0.15) is 0 Å². The highest BCUT2D eigenvalue weighted by Crippen LogP contribution is 2.28. The normalized spacial score (nSPS) is 11.6. The van der Waals surface area contributed by atoms with Crippen molar-refractivity contribution < 1.29 is 19.4 Å². The third-order valence-electron chi connectivity index (χ3n) is 2.30. The third kappa shape index (κ3) is 3.97. The quantitative estimate of drug-likeness (QED) is 0.643. The van der Waals surface area contributed by atoms with Crippen LogP contribution in [0.2, 0.25) is 0 Å².